The number of nitrogens with two attached hydrogens (primary N) is 2. The Labute approximate surface area is 306 Å². The van der Waals surface area contributed by atoms with Gasteiger partial charge in [0.2, 0.25) is 0 Å². The number of likely N-dealkylation sites (tertiary alicyclic amines) is 1. The van der Waals surface area contributed by atoms with Gasteiger partial charge in [0.05, 0.1) is 13.2 Å². The largest absolute Gasteiger partial charge is 0.494 e. The highest BCUT2D eigenvalue weighted by Crippen LogP contribution is 2.23. The van der Waals surface area contributed by atoms with Crippen molar-refractivity contribution in [3.8, 4) is 11.5 Å². The number of ether oxygens (including phenoxy) is 3. The van der Waals surface area contributed by atoms with Crippen molar-refractivity contribution < 1.29 is 28.6 Å². The lowest BCUT2D eigenvalue weighted by atomic mass is 9.92. The maximum Gasteiger partial charge on any atom is 0.413 e. The Kier molecular flexibility index (Phi) is 17.2. The fraction of sp³-hybridized carbons (Fsp3) is 0.421. The van der Waals surface area contributed by atoms with Crippen molar-refractivity contribution in [2.75, 3.05) is 32.8 Å². The molecule has 3 aromatic rings. The summed E-state index contributed by atoms with van der Waals surface area (Å²) < 4.78 is 17.0. The zero-order valence-corrected chi connectivity index (χ0v) is 30.2. The van der Waals surface area contributed by atoms with E-state index in [9.17, 15) is 9.59 Å². The summed E-state index contributed by atoms with van der Waals surface area (Å²) in [5, 5.41) is 14.3. The summed E-state index contributed by atoms with van der Waals surface area (Å²) in [7, 11) is 0. The first-order chi connectivity index (χ1) is 24.2. The van der Waals surface area contributed by atoms with Gasteiger partial charge in [0.15, 0.2) is 5.84 Å². The molecular formula is C38H51ClN6O6. The van der Waals surface area contributed by atoms with Gasteiger partial charge in [-0.2, -0.15) is 0 Å². The molecule has 6 N–H and O–H groups in total. The summed E-state index contributed by atoms with van der Waals surface area (Å²) in [6.45, 7) is 8.23. The molecule has 0 aromatic heterocycles. The quantitative estimate of drug-likeness (QED) is 0.0438. The first-order valence-electron chi connectivity index (χ1n) is 17.2. The number of alkyl carbamates (subject to hydrolysis) is 1. The van der Waals surface area contributed by atoms with E-state index in [-0.39, 0.29) is 36.6 Å². The van der Waals surface area contributed by atoms with Crippen molar-refractivity contribution in [1.29, 1.82) is 5.41 Å². The average Bonchev–Trinajstić information content (AvgIpc) is 3.14. The van der Waals surface area contributed by atoms with Crippen LogP contribution in [0.15, 0.2) is 84.0 Å². The number of piperidine rings is 1. The van der Waals surface area contributed by atoms with Gasteiger partial charge in [-0.1, -0.05) is 49.3 Å². The Morgan fingerprint density at radius 3 is 2.10 bits per heavy atom. The van der Waals surface area contributed by atoms with Crippen molar-refractivity contribution in [3.05, 3.63) is 95.6 Å². The first kappa shape index (κ1) is 40.8. The summed E-state index contributed by atoms with van der Waals surface area (Å²) >= 11 is 0. The fourth-order valence-electron chi connectivity index (χ4n) is 5.39. The maximum absolute atomic E-state index is 12.0. The number of hydrogen-bond donors (Lipinski definition) is 4. The highest BCUT2D eigenvalue weighted by atomic mass is 35.5. The average molecular weight is 723 g/mol. The summed E-state index contributed by atoms with van der Waals surface area (Å²) in [4.78, 5) is 31.3. The topological polar surface area (TPSA) is 175 Å². The predicted molar refractivity (Wildman–Crippen MR) is 200 cm³/mol. The van der Waals surface area contributed by atoms with Crippen LogP contribution in [0.5, 0.6) is 11.5 Å². The van der Waals surface area contributed by atoms with Crippen molar-refractivity contribution in [1.82, 2.24) is 10.2 Å². The number of benzene rings is 3. The van der Waals surface area contributed by atoms with Crippen molar-refractivity contribution in [2.45, 2.75) is 58.6 Å². The lowest BCUT2D eigenvalue weighted by Gasteiger charge is -2.32. The van der Waals surface area contributed by atoms with Gasteiger partial charge < -0.3 is 35.4 Å². The molecule has 0 bridgehead atoms. The third-order valence-electron chi connectivity index (χ3n) is 8.58. The van der Waals surface area contributed by atoms with Gasteiger partial charge in [0.25, 0.3) is 0 Å². The van der Waals surface area contributed by atoms with E-state index in [1.165, 1.54) is 12.8 Å². The third kappa shape index (κ3) is 14.2. The Morgan fingerprint density at radius 1 is 0.902 bits per heavy atom. The number of nitrogens with zero attached hydrogens (tertiary/aromatic N) is 2. The number of carbonyl (C=O) groups is 2. The van der Waals surface area contributed by atoms with E-state index < -0.39 is 18.1 Å². The van der Waals surface area contributed by atoms with E-state index in [0.717, 1.165) is 56.0 Å². The van der Waals surface area contributed by atoms with Crippen molar-refractivity contribution >= 4 is 36.1 Å². The molecule has 0 aliphatic carbocycles. The van der Waals surface area contributed by atoms with E-state index >= 15 is 0 Å². The Balaban J connectivity index is 0.00000702. The molecule has 3 aromatic carbocycles. The fourth-order valence-corrected chi connectivity index (χ4v) is 5.39. The maximum atomic E-state index is 12.0. The van der Waals surface area contributed by atoms with Crippen LogP contribution in [0.1, 0.15) is 62.6 Å². The number of carbonyl (C=O) groups excluding carboxylic acids is 2. The molecule has 4 rings (SSSR count). The van der Waals surface area contributed by atoms with Gasteiger partial charge in [-0.3, -0.25) is 10.7 Å². The Bertz CT molecular complexity index is 1530. The summed E-state index contributed by atoms with van der Waals surface area (Å²) in [6.07, 6.45) is 4.75. The minimum absolute atomic E-state index is 0. The second-order valence-electron chi connectivity index (χ2n) is 12.7. The highest BCUT2D eigenvalue weighted by Gasteiger charge is 2.20. The van der Waals surface area contributed by atoms with E-state index in [0.29, 0.717) is 30.3 Å². The van der Waals surface area contributed by atoms with Crippen LogP contribution in [0.25, 0.3) is 0 Å². The van der Waals surface area contributed by atoms with Gasteiger partial charge >= 0.3 is 12.1 Å². The van der Waals surface area contributed by atoms with Gasteiger partial charge in [-0.15, -0.1) is 12.4 Å². The van der Waals surface area contributed by atoms with Crippen molar-refractivity contribution in [2.24, 2.45) is 28.5 Å². The Morgan fingerprint density at radius 2 is 1.49 bits per heavy atom. The number of oxime groups is 1. The molecule has 1 amide bonds. The van der Waals surface area contributed by atoms with Gasteiger partial charge in [-0.25, -0.2) is 9.59 Å². The molecule has 0 spiro atoms. The first-order valence-corrected chi connectivity index (χ1v) is 17.2. The van der Waals surface area contributed by atoms with Crippen LogP contribution in [0.2, 0.25) is 0 Å². The van der Waals surface area contributed by atoms with E-state index in [4.69, 9.17) is 35.9 Å². The zero-order chi connectivity index (χ0) is 35.7. The normalized spacial score (nSPS) is 14.2. The smallest absolute Gasteiger partial charge is 0.413 e. The third-order valence-corrected chi connectivity index (χ3v) is 8.58. The molecule has 1 heterocycles. The van der Waals surface area contributed by atoms with Crippen LogP contribution in [0.4, 0.5) is 4.79 Å². The van der Waals surface area contributed by atoms with Gasteiger partial charge in [-0.05, 0) is 111 Å². The van der Waals surface area contributed by atoms with Gasteiger partial charge in [0.1, 0.15) is 30.0 Å². The second-order valence-corrected chi connectivity index (χ2v) is 12.7. The summed E-state index contributed by atoms with van der Waals surface area (Å²) in [5.74, 6) is 1.58. The standard InChI is InChI=1S/C38H50N6O6.ClH/c1-27(2)34(39)37(45)50-43-36(41)31-13-17-32(18-14-31)47-24-6-10-28-19-22-44(23-20-28)21-7-25-48-33-15-11-30(12-16-33)35(40)42-38(46)49-26-29-8-4-3-5-9-29;/h3-5,8-9,11-18,27-28,34H,6-7,10,19-26,39H2,1-2H3,(H2,41,43)(H2,40,42,46);1H/t34-;/m0./s1. The molecule has 0 radical (unpaired) electrons. The van der Waals surface area contributed by atoms with Crippen LogP contribution in [-0.4, -0.2) is 67.5 Å². The zero-order valence-electron chi connectivity index (χ0n) is 29.4. The Hall–Kier alpha value is -4.65. The van der Waals surface area contributed by atoms with E-state index in [2.05, 4.69) is 15.4 Å². The molecule has 1 atom stereocenters. The SMILES string of the molecule is CC(C)[C@H](N)C(=O)ON=C(N)c1ccc(OCCCC2CCN(CCCOc3ccc(C(=N)NC(=O)OCc4ccccc4)cc3)CC2)cc1.Cl. The molecule has 1 aliphatic heterocycles. The van der Waals surface area contributed by atoms with Crippen LogP contribution < -0.4 is 26.3 Å². The molecule has 1 aliphatic rings. The van der Waals surface area contributed by atoms with Crippen LogP contribution in [-0.2, 0) is 21.0 Å². The number of nitrogens with one attached hydrogen (secondary N) is 2. The number of halogens is 1. The highest BCUT2D eigenvalue weighted by molar-refractivity contribution is 6.04. The van der Waals surface area contributed by atoms with Crippen LogP contribution in [0, 0.1) is 17.2 Å². The number of amidine groups is 2. The van der Waals surface area contributed by atoms with E-state index in [1.54, 1.807) is 24.3 Å². The summed E-state index contributed by atoms with van der Waals surface area (Å²) in [5.41, 5.74) is 13.8. The molecular weight excluding hydrogens is 672 g/mol. The summed E-state index contributed by atoms with van der Waals surface area (Å²) in [6, 6.07) is 23.0. The molecule has 0 unspecified atom stereocenters. The molecule has 1 saturated heterocycles. The predicted octanol–water partition coefficient (Wildman–Crippen LogP) is 5.85. The molecule has 13 heteroatoms. The van der Waals surface area contributed by atoms with E-state index in [1.807, 2.05) is 68.4 Å². The molecule has 51 heavy (non-hydrogen) atoms. The van der Waals surface area contributed by atoms with Gasteiger partial charge in [0, 0.05) is 17.7 Å². The minimum atomic E-state index is -0.751. The number of amides is 1. The molecule has 12 nitrogen and oxygen atoms in total. The monoisotopic (exact) mass is 722 g/mol. The van der Waals surface area contributed by atoms with Crippen molar-refractivity contribution in [3.63, 3.8) is 0 Å². The number of rotatable bonds is 17. The van der Waals surface area contributed by atoms with Crippen LogP contribution in [0.3, 0.4) is 0 Å². The molecule has 0 saturated carbocycles. The lowest BCUT2D eigenvalue weighted by Crippen LogP contribution is -2.36. The molecule has 276 valence electrons. The minimum Gasteiger partial charge on any atom is -0.494 e. The van der Waals surface area contributed by atoms with Crippen LogP contribution >= 0.6 is 12.4 Å². The second kappa shape index (κ2) is 21.5. The molecule has 1 fully saturated rings. The number of hydrogen-bond acceptors (Lipinski definition) is 10. The lowest BCUT2D eigenvalue weighted by molar-refractivity contribution is -0.146.